The molecule has 2 N–H and O–H groups in total. The molecule has 0 amide bonds. The van der Waals surface area contributed by atoms with Crippen LogP contribution in [0.4, 0.5) is 5.82 Å². The molecule has 1 saturated heterocycles. The van der Waals surface area contributed by atoms with Gasteiger partial charge in [-0.3, -0.25) is 4.68 Å². The Morgan fingerprint density at radius 2 is 2.21 bits per heavy atom. The Morgan fingerprint density at radius 3 is 2.79 bits per heavy atom. The van der Waals surface area contributed by atoms with Gasteiger partial charge in [-0.1, -0.05) is 13.3 Å². The molecule has 0 spiro atoms. The maximum absolute atomic E-state index is 12.6. The molecule has 2 rings (SSSR count). The standard InChI is InChI=1S/C12H22N4O2S/c1-3-10-6-5-7-16(8-10)19(17,18)11-9-15(4-2)14-12(11)13/h9-10H,3-8H2,1-2H3,(H2,13,14). The predicted octanol–water partition coefficient (Wildman–Crippen LogP) is 1.30. The van der Waals surface area contributed by atoms with E-state index in [-0.39, 0.29) is 10.7 Å². The SMILES string of the molecule is CCC1CCCN(S(=O)(=O)c2cn(CC)nc2N)C1. The summed E-state index contributed by atoms with van der Waals surface area (Å²) in [5.41, 5.74) is 5.74. The minimum absolute atomic E-state index is 0.0977. The molecule has 1 aromatic heterocycles. The van der Waals surface area contributed by atoms with E-state index in [2.05, 4.69) is 12.0 Å². The Balaban J connectivity index is 2.28. The molecule has 1 unspecified atom stereocenters. The van der Waals surface area contributed by atoms with Gasteiger partial charge in [0, 0.05) is 25.8 Å². The number of piperidine rings is 1. The molecular weight excluding hydrogens is 264 g/mol. The van der Waals surface area contributed by atoms with Gasteiger partial charge in [0.1, 0.15) is 4.90 Å². The number of hydrogen-bond acceptors (Lipinski definition) is 4. The molecule has 19 heavy (non-hydrogen) atoms. The van der Waals surface area contributed by atoms with Gasteiger partial charge in [0.2, 0.25) is 10.0 Å². The monoisotopic (exact) mass is 286 g/mol. The summed E-state index contributed by atoms with van der Waals surface area (Å²) >= 11 is 0. The second kappa shape index (κ2) is 5.50. The van der Waals surface area contributed by atoms with E-state index >= 15 is 0 Å². The molecule has 0 radical (unpaired) electrons. The number of hydrogen-bond donors (Lipinski definition) is 1. The maximum Gasteiger partial charge on any atom is 0.248 e. The summed E-state index contributed by atoms with van der Waals surface area (Å²) in [4.78, 5) is 0.145. The van der Waals surface area contributed by atoms with Gasteiger partial charge < -0.3 is 5.73 Å². The summed E-state index contributed by atoms with van der Waals surface area (Å²) < 4.78 is 28.3. The van der Waals surface area contributed by atoms with Crippen molar-refractivity contribution in [3.8, 4) is 0 Å². The Hall–Kier alpha value is -1.08. The molecule has 108 valence electrons. The van der Waals surface area contributed by atoms with Crippen LogP contribution < -0.4 is 5.73 Å². The molecular formula is C12H22N4O2S. The number of rotatable bonds is 4. The van der Waals surface area contributed by atoms with Crippen molar-refractivity contribution in [3.63, 3.8) is 0 Å². The molecule has 0 saturated carbocycles. The van der Waals surface area contributed by atoms with E-state index in [0.717, 1.165) is 19.3 Å². The summed E-state index contributed by atoms with van der Waals surface area (Å²) in [5, 5.41) is 4.02. The lowest BCUT2D eigenvalue weighted by molar-refractivity contribution is 0.261. The van der Waals surface area contributed by atoms with Gasteiger partial charge in [-0.2, -0.15) is 9.40 Å². The number of anilines is 1. The lowest BCUT2D eigenvalue weighted by Crippen LogP contribution is -2.39. The Morgan fingerprint density at radius 1 is 1.47 bits per heavy atom. The van der Waals surface area contributed by atoms with Gasteiger partial charge >= 0.3 is 0 Å². The summed E-state index contributed by atoms with van der Waals surface area (Å²) in [6.07, 6.45) is 4.56. The highest BCUT2D eigenvalue weighted by molar-refractivity contribution is 7.89. The third-order valence-electron chi connectivity index (χ3n) is 3.76. The van der Waals surface area contributed by atoms with Crippen molar-refractivity contribution in [1.82, 2.24) is 14.1 Å². The summed E-state index contributed by atoms with van der Waals surface area (Å²) in [6.45, 7) is 5.78. The maximum atomic E-state index is 12.6. The Kier molecular flexibility index (Phi) is 4.15. The highest BCUT2D eigenvalue weighted by Crippen LogP contribution is 2.27. The van der Waals surface area contributed by atoms with Crippen LogP contribution in [0.2, 0.25) is 0 Å². The first-order valence-corrected chi connectivity index (χ1v) is 8.26. The zero-order valence-electron chi connectivity index (χ0n) is 11.5. The van der Waals surface area contributed by atoms with Crippen LogP contribution in [0.5, 0.6) is 0 Å². The van der Waals surface area contributed by atoms with Crippen LogP contribution in [0.1, 0.15) is 33.1 Å². The molecule has 6 nitrogen and oxygen atoms in total. The molecule has 1 atom stereocenters. The minimum atomic E-state index is -3.50. The topological polar surface area (TPSA) is 81.2 Å². The van der Waals surface area contributed by atoms with Crippen molar-refractivity contribution < 1.29 is 8.42 Å². The first kappa shape index (κ1) is 14.3. The molecule has 1 aliphatic heterocycles. The number of sulfonamides is 1. The van der Waals surface area contributed by atoms with Crippen LogP contribution in [-0.2, 0) is 16.6 Å². The van der Waals surface area contributed by atoms with Crippen molar-refractivity contribution >= 4 is 15.8 Å². The minimum Gasteiger partial charge on any atom is -0.381 e. The van der Waals surface area contributed by atoms with E-state index < -0.39 is 10.0 Å². The molecule has 0 aliphatic carbocycles. The van der Waals surface area contributed by atoms with Crippen LogP contribution in [0.3, 0.4) is 0 Å². The van der Waals surface area contributed by atoms with Gasteiger partial charge in [-0.05, 0) is 25.7 Å². The quantitative estimate of drug-likeness (QED) is 0.904. The number of nitrogen functional groups attached to an aromatic ring is 1. The highest BCUT2D eigenvalue weighted by atomic mass is 32.2. The van der Waals surface area contributed by atoms with E-state index in [4.69, 9.17) is 5.73 Å². The number of nitrogens with zero attached hydrogens (tertiary/aromatic N) is 3. The van der Waals surface area contributed by atoms with Crippen LogP contribution in [0, 0.1) is 5.92 Å². The summed E-state index contributed by atoms with van der Waals surface area (Å²) in [5.74, 6) is 0.548. The third-order valence-corrected chi connectivity index (χ3v) is 5.64. The fraction of sp³-hybridized carbons (Fsp3) is 0.750. The number of aromatic nitrogens is 2. The van der Waals surface area contributed by atoms with Crippen LogP contribution in [0.25, 0.3) is 0 Å². The molecule has 0 bridgehead atoms. The normalized spacial score (nSPS) is 21.7. The van der Waals surface area contributed by atoms with Crippen molar-refractivity contribution in [2.75, 3.05) is 18.8 Å². The molecule has 7 heteroatoms. The lowest BCUT2D eigenvalue weighted by atomic mass is 9.97. The van der Waals surface area contributed by atoms with Gasteiger partial charge in [-0.25, -0.2) is 8.42 Å². The first-order chi connectivity index (χ1) is 8.98. The largest absolute Gasteiger partial charge is 0.381 e. The highest BCUT2D eigenvalue weighted by Gasteiger charge is 2.32. The van der Waals surface area contributed by atoms with Crippen molar-refractivity contribution in [2.24, 2.45) is 5.92 Å². The second-order valence-electron chi connectivity index (χ2n) is 5.01. The molecule has 1 aliphatic rings. The zero-order chi connectivity index (χ0) is 14.0. The predicted molar refractivity (Wildman–Crippen MR) is 74.1 cm³/mol. The second-order valence-corrected chi connectivity index (χ2v) is 6.92. The average molecular weight is 286 g/mol. The van der Waals surface area contributed by atoms with Gasteiger partial charge in [0.15, 0.2) is 5.82 Å². The van der Waals surface area contributed by atoms with Crippen LogP contribution >= 0.6 is 0 Å². The van der Waals surface area contributed by atoms with E-state index in [1.165, 1.54) is 6.20 Å². The third kappa shape index (κ3) is 2.76. The van der Waals surface area contributed by atoms with Crippen molar-refractivity contribution in [1.29, 1.82) is 0 Å². The summed E-state index contributed by atoms with van der Waals surface area (Å²) in [7, 11) is -3.50. The van der Waals surface area contributed by atoms with Gasteiger partial charge in [-0.15, -0.1) is 0 Å². The average Bonchev–Trinajstić information content (AvgIpc) is 2.81. The van der Waals surface area contributed by atoms with E-state index in [0.29, 0.717) is 25.6 Å². The van der Waals surface area contributed by atoms with E-state index in [9.17, 15) is 8.42 Å². The fourth-order valence-electron chi connectivity index (χ4n) is 2.50. The molecule has 2 heterocycles. The van der Waals surface area contributed by atoms with E-state index in [1.807, 2.05) is 6.92 Å². The van der Waals surface area contributed by atoms with Gasteiger partial charge in [0.05, 0.1) is 0 Å². The molecule has 1 fully saturated rings. The van der Waals surface area contributed by atoms with Crippen LogP contribution in [0.15, 0.2) is 11.1 Å². The Bertz CT molecular complexity index is 538. The first-order valence-electron chi connectivity index (χ1n) is 6.82. The lowest BCUT2D eigenvalue weighted by Gasteiger charge is -2.31. The smallest absolute Gasteiger partial charge is 0.248 e. The zero-order valence-corrected chi connectivity index (χ0v) is 12.4. The summed E-state index contributed by atoms with van der Waals surface area (Å²) in [6, 6.07) is 0. The Labute approximate surface area is 114 Å². The van der Waals surface area contributed by atoms with Gasteiger partial charge in [0.25, 0.3) is 0 Å². The number of aryl methyl sites for hydroxylation is 1. The van der Waals surface area contributed by atoms with Crippen LogP contribution in [-0.4, -0.2) is 35.6 Å². The number of nitrogens with two attached hydrogens (primary N) is 1. The molecule has 0 aromatic carbocycles. The van der Waals surface area contributed by atoms with Crippen molar-refractivity contribution in [2.45, 2.75) is 44.6 Å². The van der Waals surface area contributed by atoms with E-state index in [1.54, 1.807) is 8.99 Å². The van der Waals surface area contributed by atoms with Crippen molar-refractivity contribution in [3.05, 3.63) is 6.20 Å². The molecule has 1 aromatic rings. The fourth-order valence-corrected chi connectivity index (χ4v) is 4.11.